The molecule has 0 aromatic heterocycles. The maximum absolute atomic E-state index is 5.79. The Morgan fingerprint density at radius 1 is 1.38 bits per heavy atom. The monoisotopic (exact) mass is 171 g/mol. The van der Waals surface area contributed by atoms with Crippen molar-refractivity contribution in [1.82, 2.24) is 4.90 Å². The number of hydrogen-bond donors (Lipinski definition) is 0. The summed E-state index contributed by atoms with van der Waals surface area (Å²) in [6.45, 7) is 7.24. The zero-order valence-electron chi connectivity index (χ0n) is 7.83. The molecular weight excluding hydrogens is 158 g/mol. The van der Waals surface area contributed by atoms with Crippen molar-refractivity contribution in [3.05, 3.63) is 42.3 Å². The molecule has 1 heteroatoms. The van der Waals surface area contributed by atoms with Crippen LogP contribution in [-0.4, -0.2) is 18.5 Å². The Kier molecular flexibility index (Phi) is 3.54. The molecule has 66 valence electrons. The van der Waals surface area contributed by atoms with E-state index in [0.717, 1.165) is 17.7 Å². The first-order valence-corrected chi connectivity index (χ1v) is 4.19. The number of terminal acetylenes is 1. The van der Waals surface area contributed by atoms with Gasteiger partial charge in [0, 0.05) is 6.54 Å². The minimum absolute atomic E-state index is 0.647. The third-order valence-electron chi connectivity index (χ3n) is 1.86. The second-order valence-electron chi connectivity index (χ2n) is 3.08. The van der Waals surface area contributed by atoms with Crippen LogP contribution in [0.1, 0.15) is 11.1 Å². The molecule has 0 atom stereocenters. The molecule has 0 amide bonds. The highest BCUT2D eigenvalue weighted by Crippen LogP contribution is 2.08. The van der Waals surface area contributed by atoms with Crippen LogP contribution in [0.2, 0.25) is 0 Å². The lowest BCUT2D eigenvalue weighted by atomic mass is 10.1. The highest BCUT2D eigenvalue weighted by molar-refractivity contribution is 5.29. The fourth-order valence-corrected chi connectivity index (χ4v) is 1.18. The topological polar surface area (TPSA) is 3.24 Å². The summed E-state index contributed by atoms with van der Waals surface area (Å²) in [5.41, 5.74) is 1.95. The van der Waals surface area contributed by atoms with Gasteiger partial charge >= 0.3 is 0 Å². The van der Waals surface area contributed by atoms with E-state index >= 15 is 0 Å². The lowest BCUT2D eigenvalue weighted by Gasteiger charge is -2.14. The van der Waals surface area contributed by atoms with Crippen molar-refractivity contribution in [3.8, 4) is 12.3 Å². The minimum Gasteiger partial charge on any atom is -0.291 e. The van der Waals surface area contributed by atoms with Gasteiger partial charge in [0.2, 0.25) is 0 Å². The highest BCUT2D eigenvalue weighted by atomic mass is 15.1. The number of benzene rings is 1. The maximum Gasteiger partial charge on any atom is 0.0599 e. The number of nitrogens with zero attached hydrogens (tertiary/aromatic N) is 1. The van der Waals surface area contributed by atoms with E-state index in [2.05, 4.69) is 5.92 Å². The van der Waals surface area contributed by atoms with Crippen molar-refractivity contribution in [2.24, 2.45) is 0 Å². The Hall–Kier alpha value is -1.26. The largest absolute Gasteiger partial charge is 0.291 e. The molecule has 0 bridgehead atoms. The van der Waals surface area contributed by atoms with Crippen LogP contribution >= 0.6 is 0 Å². The third-order valence-corrected chi connectivity index (χ3v) is 1.86. The molecular formula is C12H13N. The van der Waals surface area contributed by atoms with Crippen LogP contribution in [-0.2, 0) is 6.54 Å². The summed E-state index contributed by atoms with van der Waals surface area (Å²) in [4.78, 5) is 2.05. The van der Waals surface area contributed by atoms with Crippen molar-refractivity contribution in [3.63, 3.8) is 0 Å². The quantitative estimate of drug-likeness (QED) is 0.627. The van der Waals surface area contributed by atoms with Crippen molar-refractivity contribution in [2.75, 3.05) is 13.6 Å². The van der Waals surface area contributed by atoms with Gasteiger partial charge in [0.25, 0.3) is 0 Å². The minimum atomic E-state index is 0.647. The molecule has 0 heterocycles. The summed E-state index contributed by atoms with van der Waals surface area (Å²) < 4.78 is 0. The van der Waals surface area contributed by atoms with Crippen LogP contribution in [0.3, 0.4) is 0 Å². The second kappa shape index (κ2) is 4.69. The zero-order valence-corrected chi connectivity index (χ0v) is 7.83. The Morgan fingerprint density at radius 3 is 2.69 bits per heavy atom. The lowest BCUT2D eigenvalue weighted by Crippen LogP contribution is -2.18. The normalized spacial score (nSPS) is 10.0. The van der Waals surface area contributed by atoms with E-state index in [9.17, 15) is 0 Å². The second-order valence-corrected chi connectivity index (χ2v) is 3.08. The predicted octanol–water partition coefficient (Wildman–Crippen LogP) is 1.81. The third kappa shape index (κ3) is 2.93. The predicted molar refractivity (Wildman–Crippen MR) is 55.0 cm³/mol. The van der Waals surface area contributed by atoms with E-state index in [1.54, 1.807) is 0 Å². The molecule has 0 saturated carbocycles. The van der Waals surface area contributed by atoms with Gasteiger partial charge in [-0.05, 0) is 25.1 Å². The molecule has 13 heavy (non-hydrogen) atoms. The summed E-state index contributed by atoms with van der Waals surface area (Å²) in [7, 11) is 1.98. The molecule has 1 aromatic rings. The number of hydrogen-bond acceptors (Lipinski definition) is 1. The smallest absolute Gasteiger partial charge is 0.0599 e. The molecule has 0 unspecified atom stereocenters. The number of rotatable bonds is 3. The Morgan fingerprint density at radius 2 is 2.08 bits per heavy atom. The summed E-state index contributed by atoms with van der Waals surface area (Å²) in [5, 5.41) is 0. The standard InChI is InChI=1S/C12H13N/c1-4-9-13(3)10-12-8-6-5-7-11(12)2/h1-2,5-8H,9-10H2,3H3. The Balaban J connectivity index is 2.64. The summed E-state index contributed by atoms with van der Waals surface area (Å²) in [6.07, 6.45) is 5.20. The van der Waals surface area contributed by atoms with Crippen LogP contribution < -0.4 is 0 Å². The maximum atomic E-state index is 5.79. The van der Waals surface area contributed by atoms with E-state index in [-0.39, 0.29) is 0 Å². The Labute approximate surface area is 80.4 Å². The van der Waals surface area contributed by atoms with Crippen molar-refractivity contribution in [2.45, 2.75) is 6.54 Å². The van der Waals surface area contributed by atoms with Gasteiger partial charge in [0.1, 0.15) is 0 Å². The summed E-state index contributed by atoms with van der Waals surface area (Å²) in [6, 6.07) is 7.83. The lowest BCUT2D eigenvalue weighted by molar-refractivity contribution is 0.368. The molecule has 2 radical (unpaired) electrons. The van der Waals surface area contributed by atoms with Gasteiger partial charge in [-0.3, -0.25) is 4.90 Å². The molecule has 0 fully saturated rings. The van der Waals surface area contributed by atoms with Crippen molar-refractivity contribution >= 4 is 0 Å². The zero-order chi connectivity index (χ0) is 9.68. The fourth-order valence-electron chi connectivity index (χ4n) is 1.18. The van der Waals surface area contributed by atoms with Crippen LogP contribution in [0.4, 0.5) is 0 Å². The van der Waals surface area contributed by atoms with E-state index in [4.69, 9.17) is 13.3 Å². The molecule has 0 aliphatic heterocycles. The summed E-state index contributed by atoms with van der Waals surface area (Å²) in [5.74, 6) is 2.59. The fraction of sp³-hybridized carbons (Fsp3) is 0.250. The molecule has 0 spiro atoms. The van der Waals surface area contributed by atoms with E-state index in [1.807, 2.05) is 36.2 Å². The van der Waals surface area contributed by atoms with E-state index < -0.39 is 0 Å². The molecule has 0 aliphatic carbocycles. The average molecular weight is 171 g/mol. The van der Waals surface area contributed by atoms with E-state index in [0.29, 0.717) is 6.54 Å². The molecule has 0 aliphatic rings. The molecule has 1 nitrogen and oxygen atoms in total. The highest BCUT2D eigenvalue weighted by Gasteiger charge is 2.00. The van der Waals surface area contributed by atoms with Crippen LogP contribution in [0.25, 0.3) is 0 Å². The molecule has 1 rings (SSSR count). The molecule has 1 aromatic carbocycles. The SMILES string of the molecule is [CH]c1ccccc1CN(C)CC#C. The van der Waals surface area contributed by atoms with Crippen molar-refractivity contribution < 1.29 is 0 Å². The van der Waals surface area contributed by atoms with Gasteiger partial charge in [-0.2, -0.15) is 0 Å². The first-order valence-electron chi connectivity index (χ1n) is 4.19. The van der Waals surface area contributed by atoms with Crippen molar-refractivity contribution in [1.29, 1.82) is 0 Å². The molecule has 0 saturated heterocycles. The van der Waals surface area contributed by atoms with Gasteiger partial charge in [-0.1, -0.05) is 30.2 Å². The first kappa shape index (κ1) is 9.83. The molecule has 0 N–H and O–H groups in total. The van der Waals surface area contributed by atoms with Gasteiger partial charge in [0.05, 0.1) is 6.54 Å². The average Bonchev–Trinajstić information content (AvgIpc) is 2.09. The first-order chi connectivity index (χ1) is 6.24. The van der Waals surface area contributed by atoms with Gasteiger partial charge < -0.3 is 0 Å². The van der Waals surface area contributed by atoms with Crippen LogP contribution in [0, 0.1) is 19.3 Å². The van der Waals surface area contributed by atoms with Crippen LogP contribution in [0.5, 0.6) is 0 Å². The summed E-state index contributed by atoms with van der Waals surface area (Å²) >= 11 is 0. The van der Waals surface area contributed by atoms with Crippen LogP contribution in [0.15, 0.2) is 24.3 Å². The van der Waals surface area contributed by atoms with Gasteiger partial charge in [-0.15, -0.1) is 6.42 Å². The Bertz CT molecular complexity index is 309. The van der Waals surface area contributed by atoms with E-state index in [1.165, 1.54) is 0 Å². The van der Waals surface area contributed by atoms with Gasteiger partial charge in [0.15, 0.2) is 0 Å². The van der Waals surface area contributed by atoms with Gasteiger partial charge in [-0.25, -0.2) is 0 Å².